The quantitative estimate of drug-likeness (QED) is 0.563. The van der Waals surface area contributed by atoms with Crippen molar-refractivity contribution >= 4 is 56.5 Å². The van der Waals surface area contributed by atoms with E-state index < -0.39 is 23.3 Å². The van der Waals surface area contributed by atoms with Crippen LogP contribution in [0.1, 0.15) is 0 Å². The van der Waals surface area contributed by atoms with Crippen molar-refractivity contribution in [3.8, 4) is 0 Å². The van der Waals surface area contributed by atoms with Crippen LogP contribution in [0, 0.1) is 0 Å². The SMILES string of the molecule is O=C(O)C(CCl)N(c1ccc2oc3ccccc3c2c1)S(=O)[O-]. The highest BCUT2D eigenvalue weighted by molar-refractivity contribution is 7.80. The van der Waals surface area contributed by atoms with Crippen LogP contribution in [-0.2, 0) is 16.1 Å². The Hall–Kier alpha value is -2.09. The topological polar surface area (TPSA) is 93.8 Å². The van der Waals surface area contributed by atoms with Crippen molar-refractivity contribution in [2.75, 3.05) is 10.2 Å². The van der Waals surface area contributed by atoms with E-state index in [2.05, 4.69) is 0 Å². The van der Waals surface area contributed by atoms with Gasteiger partial charge >= 0.3 is 5.97 Å². The zero-order chi connectivity index (χ0) is 16.6. The second kappa shape index (κ2) is 6.19. The highest BCUT2D eigenvalue weighted by atomic mass is 35.5. The fourth-order valence-electron chi connectivity index (χ4n) is 2.45. The minimum atomic E-state index is -2.78. The van der Waals surface area contributed by atoms with Crippen molar-refractivity contribution in [1.82, 2.24) is 0 Å². The lowest BCUT2D eigenvalue weighted by atomic mass is 10.1. The number of carboxylic acids is 1. The van der Waals surface area contributed by atoms with E-state index in [4.69, 9.17) is 16.0 Å². The van der Waals surface area contributed by atoms with E-state index in [9.17, 15) is 18.7 Å². The first-order valence-corrected chi connectivity index (χ1v) is 8.18. The van der Waals surface area contributed by atoms with Crippen molar-refractivity contribution < 1.29 is 23.1 Å². The number of carboxylic acid groups (broad SMARTS) is 1. The van der Waals surface area contributed by atoms with Gasteiger partial charge < -0.3 is 14.1 Å². The molecule has 0 bridgehead atoms. The van der Waals surface area contributed by atoms with E-state index in [1.807, 2.05) is 18.2 Å². The van der Waals surface area contributed by atoms with Crippen molar-refractivity contribution in [2.24, 2.45) is 0 Å². The van der Waals surface area contributed by atoms with E-state index in [1.165, 1.54) is 6.07 Å². The number of hydrogen-bond donors (Lipinski definition) is 1. The van der Waals surface area contributed by atoms with Crippen LogP contribution < -0.4 is 4.31 Å². The highest BCUT2D eigenvalue weighted by Crippen LogP contribution is 2.32. The predicted octanol–water partition coefficient (Wildman–Crippen LogP) is 2.88. The lowest BCUT2D eigenvalue weighted by Crippen LogP contribution is -2.43. The average molecular weight is 353 g/mol. The first-order valence-electron chi connectivity index (χ1n) is 6.61. The molecule has 0 fully saturated rings. The maximum atomic E-state index is 11.5. The van der Waals surface area contributed by atoms with Gasteiger partial charge in [-0.3, -0.25) is 8.51 Å². The monoisotopic (exact) mass is 352 g/mol. The number of aliphatic carboxylic acids is 1. The Labute approximate surface area is 138 Å². The molecular formula is C15H11ClNO5S-. The molecule has 2 aromatic carbocycles. The third-order valence-corrected chi connectivity index (χ3v) is 4.57. The number of alkyl halides is 1. The van der Waals surface area contributed by atoms with Crippen LogP contribution in [0.4, 0.5) is 5.69 Å². The average Bonchev–Trinajstić information content (AvgIpc) is 2.89. The van der Waals surface area contributed by atoms with Crippen LogP contribution in [0.3, 0.4) is 0 Å². The largest absolute Gasteiger partial charge is 0.755 e. The Morgan fingerprint density at radius 2 is 1.96 bits per heavy atom. The molecule has 6 nitrogen and oxygen atoms in total. The molecule has 0 aliphatic carbocycles. The number of furan rings is 1. The van der Waals surface area contributed by atoms with Crippen LogP contribution in [0.25, 0.3) is 21.9 Å². The molecule has 0 aliphatic rings. The van der Waals surface area contributed by atoms with Gasteiger partial charge in [-0.25, -0.2) is 4.79 Å². The number of benzene rings is 2. The van der Waals surface area contributed by atoms with E-state index in [0.717, 1.165) is 9.69 Å². The minimum absolute atomic E-state index is 0.213. The summed E-state index contributed by atoms with van der Waals surface area (Å²) < 4.78 is 29.5. The van der Waals surface area contributed by atoms with Gasteiger partial charge in [-0.2, -0.15) is 0 Å². The Kier molecular flexibility index (Phi) is 4.25. The first-order chi connectivity index (χ1) is 11.0. The maximum Gasteiger partial charge on any atom is 0.328 e. The van der Waals surface area contributed by atoms with Gasteiger partial charge in [0.15, 0.2) is 6.04 Å². The van der Waals surface area contributed by atoms with Crippen LogP contribution in [0.15, 0.2) is 46.9 Å². The number of para-hydroxylation sites is 1. The van der Waals surface area contributed by atoms with Crippen molar-refractivity contribution in [3.05, 3.63) is 42.5 Å². The van der Waals surface area contributed by atoms with E-state index >= 15 is 0 Å². The predicted molar refractivity (Wildman–Crippen MR) is 87.3 cm³/mol. The Bertz CT molecular complexity index is 909. The zero-order valence-electron chi connectivity index (χ0n) is 11.6. The summed E-state index contributed by atoms with van der Waals surface area (Å²) in [5, 5.41) is 10.7. The van der Waals surface area contributed by atoms with Crippen LogP contribution in [-0.4, -0.2) is 31.8 Å². The molecule has 0 aliphatic heterocycles. The standard InChI is InChI=1S/C15H12ClNO5S/c16-8-12(15(18)19)17(23(20)21)9-5-6-14-11(7-9)10-3-1-2-4-13(10)22-14/h1-7,12H,8H2,(H,18,19)(H,20,21)/p-1. The molecule has 1 N–H and O–H groups in total. The third-order valence-electron chi connectivity index (χ3n) is 3.49. The van der Waals surface area contributed by atoms with Crippen LogP contribution >= 0.6 is 11.6 Å². The summed E-state index contributed by atoms with van der Waals surface area (Å²) in [5.41, 5.74) is 1.47. The van der Waals surface area contributed by atoms with Crippen molar-refractivity contribution in [3.63, 3.8) is 0 Å². The molecule has 0 spiro atoms. The molecule has 0 radical (unpaired) electrons. The molecule has 2 unspecified atom stereocenters. The molecule has 8 heteroatoms. The number of rotatable bonds is 5. The number of carbonyl (C=O) groups is 1. The number of fused-ring (bicyclic) bond motifs is 3. The first kappa shape index (κ1) is 15.8. The van der Waals surface area contributed by atoms with E-state index in [0.29, 0.717) is 16.6 Å². The van der Waals surface area contributed by atoms with Gasteiger partial charge in [-0.05, 0) is 24.3 Å². The molecule has 0 saturated heterocycles. The number of hydrogen-bond acceptors (Lipinski definition) is 4. The van der Waals surface area contributed by atoms with Crippen molar-refractivity contribution in [1.29, 1.82) is 0 Å². The van der Waals surface area contributed by atoms with Crippen LogP contribution in [0.5, 0.6) is 0 Å². The van der Waals surface area contributed by atoms with E-state index in [1.54, 1.807) is 18.2 Å². The second-order valence-corrected chi connectivity index (χ2v) is 5.97. The Morgan fingerprint density at radius 3 is 2.61 bits per heavy atom. The molecule has 1 aromatic heterocycles. The van der Waals surface area contributed by atoms with Gasteiger partial charge in [0, 0.05) is 22.0 Å². The summed E-state index contributed by atoms with van der Waals surface area (Å²) in [6, 6.07) is 10.6. The van der Waals surface area contributed by atoms with Gasteiger partial charge in [0.2, 0.25) is 0 Å². The van der Waals surface area contributed by atoms with E-state index in [-0.39, 0.29) is 11.6 Å². The molecule has 0 amide bonds. The molecule has 120 valence electrons. The summed E-state index contributed by atoms with van der Waals surface area (Å²) in [6.45, 7) is 0. The Balaban J connectivity index is 2.18. The number of nitrogens with zero attached hydrogens (tertiary/aromatic N) is 1. The number of halogens is 1. The summed E-state index contributed by atoms with van der Waals surface area (Å²) in [4.78, 5) is 11.3. The molecule has 1 heterocycles. The summed E-state index contributed by atoms with van der Waals surface area (Å²) in [7, 11) is 0. The van der Waals surface area contributed by atoms with Gasteiger partial charge in [-0.1, -0.05) is 18.2 Å². The van der Waals surface area contributed by atoms with Gasteiger partial charge in [0.05, 0.1) is 11.6 Å². The zero-order valence-corrected chi connectivity index (χ0v) is 13.2. The molecular weight excluding hydrogens is 342 g/mol. The molecule has 3 rings (SSSR count). The maximum absolute atomic E-state index is 11.5. The molecule has 2 atom stereocenters. The van der Waals surface area contributed by atoms with Gasteiger partial charge in [0.25, 0.3) is 0 Å². The van der Waals surface area contributed by atoms with Crippen LogP contribution in [0.2, 0.25) is 0 Å². The van der Waals surface area contributed by atoms with Gasteiger partial charge in [0.1, 0.15) is 11.2 Å². The lowest BCUT2D eigenvalue weighted by Gasteiger charge is -2.30. The second-order valence-electron chi connectivity index (χ2n) is 4.83. The fourth-order valence-corrected chi connectivity index (χ4v) is 3.46. The summed E-state index contributed by atoms with van der Waals surface area (Å²) in [6.07, 6.45) is 0. The molecule has 3 aromatic rings. The number of anilines is 1. The fraction of sp³-hybridized carbons (Fsp3) is 0.133. The smallest absolute Gasteiger partial charge is 0.328 e. The third kappa shape index (κ3) is 2.78. The minimum Gasteiger partial charge on any atom is -0.755 e. The summed E-state index contributed by atoms with van der Waals surface area (Å²) >= 11 is 2.85. The summed E-state index contributed by atoms with van der Waals surface area (Å²) in [5.74, 6) is -1.69. The Morgan fingerprint density at radius 1 is 1.26 bits per heavy atom. The van der Waals surface area contributed by atoms with Gasteiger partial charge in [-0.15, -0.1) is 11.6 Å². The molecule has 0 saturated carbocycles. The lowest BCUT2D eigenvalue weighted by molar-refractivity contribution is -0.137. The normalized spacial score (nSPS) is 14.0. The van der Waals surface area contributed by atoms with Crippen molar-refractivity contribution in [2.45, 2.75) is 6.04 Å². The molecule has 23 heavy (non-hydrogen) atoms. The highest BCUT2D eigenvalue weighted by Gasteiger charge is 2.26.